The number of aliphatic carboxylic acids is 1. The van der Waals surface area contributed by atoms with Gasteiger partial charge in [0.2, 0.25) is 0 Å². The molecule has 0 spiro atoms. The van der Waals surface area contributed by atoms with Gasteiger partial charge in [-0.3, -0.25) is 9.69 Å². The van der Waals surface area contributed by atoms with E-state index in [2.05, 4.69) is 12.2 Å². The van der Waals surface area contributed by atoms with Gasteiger partial charge in [-0.1, -0.05) is 25.1 Å². The quantitative estimate of drug-likeness (QED) is 0.895. The van der Waals surface area contributed by atoms with Crippen LogP contribution >= 0.6 is 0 Å². The van der Waals surface area contributed by atoms with Crippen LogP contribution in [0.25, 0.3) is 0 Å². The number of anilines is 1. The maximum Gasteiger partial charge on any atom is 0.321 e. The summed E-state index contributed by atoms with van der Waals surface area (Å²) in [4.78, 5) is 25.3. The monoisotopic (exact) mass is 288 g/mol. The molecule has 0 saturated heterocycles. The van der Waals surface area contributed by atoms with E-state index in [0.717, 1.165) is 17.7 Å². The Labute approximate surface area is 123 Å². The van der Waals surface area contributed by atoms with Crippen molar-refractivity contribution in [1.82, 2.24) is 5.32 Å². The van der Waals surface area contributed by atoms with Crippen LogP contribution in [-0.2, 0) is 11.2 Å². The van der Waals surface area contributed by atoms with Crippen LogP contribution in [0.3, 0.4) is 0 Å². The number of benzene rings is 1. The van der Waals surface area contributed by atoms with Crippen molar-refractivity contribution in [3.63, 3.8) is 0 Å². The van der Waals surface area contributed by atoms with Crippen LogP contribution in [0.5, 0.6) is 0 Å². The highest BCUT2D eigenvalue weighted by molar-refractivity contribution is 5.94. The summed E-state index contributed by atoms with van der Waals surface area (Å²) in [5, 5.41) is 12.2. The minimum absolute atomic E-state index is 0.188. The molecule has 0 radical (unpaired) electrons. The van der Waals surface area contributed by atoms with Gasteiger partial charge in [0.05, 0.1) is 5.92 Å². The van der Waals surface area contributed by atoms with Crippen molar-refractivity contribution in [2.45, 2.75) is 19.8 Å². The van der Waals surface area contributed by atoms with Crippen LogP contribution in [0.2, 0.25) is 0 Å². The maximum absolute atomic E-state index is 12.4. The number of nitrogens with one attached hydrogen (secondary N) is 1. The lowest BCUT2D eigenvalue weighted by Gasteiger charge is -2.32. The summed E-state index contributed by atoms with van der Waals surface area (Å²) in [7, 11) is 0. The van der Waals surface area contributed by atoms with Gasteiger partial charge in [-0.2, -0.15) is 0 Å². The summed E-state index contributed by atoms with van der Waals surface area (Å²) in [6.45, 7) is 3.09. The number of para-hydroxylation sites is 1. The molecule has 5 nitrogen and oxygen atoms in total. The third-order valence-electron chi connectivity index (χ3n) is 4.54. The summed E-state index contributed by atoms with van der Waals surface area (Å²) < 4.78 is 0. The zero-order valence-corrected chi connectivity index (χ0v) is 12.1. The first-order valence-corrected chi connectivity index (χ1v) is 7.42. The van der Waals surface area contributed by atoms with E-state index < -0.39 is 11.9 Å². The van der Waals surface area contributed by atoms with Crippen LogP contribution in [0.15, 0.2) is 24.3 Å². The SMILES string of the molecule is CC1CC1CNC(=O)N1CC(C(=O)O)Cc2ccccc21. The van der Waals surface area contributed by atoms with Gasteiger partial charge >= 0.3 is 12.0 Å². The van der Waals surface area contributed by atoms with Crippen LogP contribution in [0.4, 0.5) is 10.5 Å². The standard InChI is InChI=1S/C16H20N2O3/c1-10-6-12(10)8-17-16(21)18-9-13(15(19)20)7-11-4-2-3-5-14(11)18/h2-5,10,12-13H,6-9H2,1H3,(H,17,21)(H,19,20). The molecule has 1 aromatic rings. The number of carboxylic acid groups (broad SMARTS) is 1. The van der Waals surface area contributed by atoms with E-state index in [9.17, 15) is 14.7 Å². The molecular weight excluding hydrogens is 268 g/mol. The third-order valence-corrected chi connectivity index (χ3v) is 4.54. The third kappa shape index (κ3) is 2.86. The number of rotatable bonds is 3. The van der Waals surface area contributed by atoms with Gasteiger partial charge in [-0.25, -0.2) is 4.79 Å². The number of hydrogen-bond donors (Lipinski definition) is 2. The molecule has 1 saturated carbocycles. The number of nitrogens with zero attached hydrogens (tertiary/aromatic N) is 1. The zero-order valence-electron chi connectivity index (χ0n) is 12.1. The normalized spacial score (nSPS) is 26.9. The van der Waals surface area contributed by atoms with Gasteiger partial charge in [0, 0.05) is 18.8 Å². The van der Waals surface area contributed by atoms with Gasteiger partial charge in [-0.05, 0) is 36.3 Å². The average Bonchev–Trinajstić information content (AvgIpc) is 3.19. The Morgan fingerprint density at radius 1 is 1.38 bits per heavy atom. The minimum Gasteiger partial charge on any atom is -0.481 e. The Bertz CT molecular complexity index is 572. The maximum atomic E-state index is 12.4. The Balaban J connectivity index is 1.75. The Kier molecular flexibility index (Phi) is 3.57. The molecule has 1 fully saturated rings. The van der Waals surface area contributed by atoms with Crippen LogP contribution in [-0.4, -0.2) is 30.2 Å². The molecule has 2 amide bonds. The van der Waals surface area contributed by atoms with Crippen molar-refractivity contribution in [2.75, 3.05) is 18.0 Å². The van der Waals surface area contributed by atoms with Gasteiger partial charge < -0.3 is 10.4 Å². The van der Waals surface area contributed by atoms with Crippen molar-refractivity contribution in [3.8, 4) is 0 Å². The second-order valence-corrected chi connectivity index (χ2v) is 6.14. The predicted octanol–water partition coefficient (Wildman–Crippen LogP) is 2.12. The summed E-state index contributed by atoms with van der Waals surface area (Å²) in [5.74, 6) is -0.126. The average molecular weight is 288 g/mol. The summed E-state index contributed by atoms with van der Waals surface area (Å²) in [5.41, 5.74) is 1.75. The second-order valence-electron chi connectivity index (χ2n) is 6.14. The van der Waals surface area contributed by atoms with E-state index in [1.165, 1.54) is 0 Å². The number of urea groups is 1. The first-order chi connectivity index (χ1) is 10.1. The van der Waals surface area contributed by atoms with Crippen LogP contribution in [0.1, 0.15) is 18.9 Å². The first-order valence-electron chi connectivity index (χ1n) is 7.42. The molecule has 2 N–H and O–H groups in total. The molecule has 0 aromatic heterocycles. The molecule has 1 heterocycles. The number of carbonyl (C=O) groups is 2. The molecule has 112 valence electrons. The second kappa shape index (κ2) is 5.39. The number of carboxylic acids is 1. The van der Waals surface area contributed by atoms with E-state index in [4.69, 9.17) is 0 Å². The van der Waals surface area contributed by atoms with E-state index in [0.29, 0.717) is 24.8 Å². The molecule has 1 aromatic carbocycles. The van der Waals surface area contributed by atoms with Crippen molar-refractivity contribution < 1.29 is 14.7 Å². The van der Waals surface area contributed by atoms with Crippen molar-refractivity contribution in [2.24, 2.45) is 17.8 Å². The number of fused-ring (bicyclic) bond motifs is 1. The molecule has 1 aliphatic carbocycles. The fourth-order valence-electron chi connectivity index (χ4n) is 2.95. The van der Waals surface area contributed by atoms with E-state index in [1.807, 2.05) is 24.3 Å². The van der Waals surface area contributed by atoms with E-state index in [1.54, 1.807) is 4.90 Å². The van der Waals surface area contributed by atoms with Crippen LogP contribution < -0.4 is 10.2 Å². The summed E-state index contributed by atoms with van der Waals surface area (Å²) >= 11 is 0. The fraction of sp³-hybridized carbons (Fsp3) is 0.500. The highest BCUT2D eigenvalue weighted by Gasteiger charge is 2.35. The molecule has 3 unspecified atom stereocenters. The molecule has 2 aliphatic rings. The molecule has 21 heavy (non-hydrogen) atoms. The smallest absolute Gasteiger partial charge is 0.321 e. The molecule has 5 heteroatoms. The van der Waals surface area contributed by atoms with Crippen LogP contribution in [0, 0.1) is 17.8 Å². The first kappa shape index (κ1) is 13.9. The molecule has 3 rings (SSSR count). The highest BCUT2D eigenvalue weighted by Crippen LogP contribution is 2.37. The molecule has 0 bridgehead atoms. The van der Waals surface area contributed by atoms with Crippen molar-refractivity contribution >= 4 is 17.7 Å². The van der Waals surface area contributed by atoms with Crippen molar-refractivity contribution in [1.29, 1.82) is 0 Å². The highest BCUT2D eigenvalue weighted by atomic mass is 16.4. The lowest BCUT2D eigenvalue weighted by molar-refractivity contribution is -0.141. The fourth-order valence-corrected chi connectivity index (χ4v) is 2.95. The minimum atomic E-state index is -0.849. The summed E-state index contributed by atoms with van der Waals surface area (Å²) in [6, 6.07) is 7.35. The van der Waals surface area contributed by atoms with Gasteiger partial charge in [0.25, 0.3) is 0 Å². The number of hydrogen-bond acceptors (Lipinski definition) is 2. The predicted molar refractivity (Wildman–Crippen MR) is 79.3 cm³/mol. The number of carbonyl (C=O) groups excluding carboxylic acids is 1. The topological polar surface area (TPSA) is 69.6 Å². The van der Waals surface area contributed by atoms with Gasteiger partial charge in [0.1, 0.15) is 0 Å². The van der Waals surface area contributed by atoms with E-state index >= 15 is 0 Å². The Morgan fingerprint density at radius 2 is 2.10 bits per heavy atom. The number of amides is 2. The summed E-state index contributed by atoms with van der Waals surface area (Å²) in [6.07, 6.45) is 1.64. The van der Waals surface area contributed by atoms with Crippen molar-refractivity contribution in [3.05, 3.63) is 29.8 Å². The molecular formula is C16H20N2O3. The largest absolute Gasteiger partial charge is 0.481 e. The lowest BCUT2D eigenvalue weighted by atomic mass is 9.93. The zero-order chi connectivity index (χ0) is 15.0. The lowest BCUT2D eigenvalue weighted by Crippen LogP contribution is -2.47. The Morgan fingerprint density at radius 3 is 2.76 bits per heavy atom. The molecule has 1 aliphatic heterocycles. The van der Waals surface area contributed by atoms with Gasteiger partial charge in [0.15, 0.2) is 0 Å². The van der Waals surface area contributed by atoms with Gasteiger partial charge in [-0.15, -0.1) is 0 Å². The Hall–Kier alpha value is -2.04. The van der Waals surface area contributed by atoms with E-state index in [-0.39, 0.29) is 12.6 Å². The molecule has 3 atom stereocenters.